The Kier molecular flexibility index (Phi) is 6.37. The Hall–Kier alpha value is -7.62. The Morgan fingerprint density at radius 1 is 0.379 bits per heavy atom. The highest BCUT2D eigenvalue weighted by Gasteiger charge is 2.50. The van der Waals surface area contributed by atoms with Gasteiger partial charge < -0.3 is 13.9 Å². The molecule has 58 heavy (non-hydrogen) atoms. The molecule has 0 N–H and O–H groups in total. The number of anilines is 3. The van der Waals surface area contributed by atoms with Gasteiger partial charge in [-0.05, 0) is 93.0 Å². The second-order valence-electron chi connectivity index (χ2n) is 15.6. The van der Waals surface area contributed by atoms with Gasteiger partial charge in [-0.15, -0.1) is 0 Å². The normalized spacial score (nSPS) is 13.3. The summed E-state index contributed by atoms with van der Waals surface area (Å²) in [6, 6.07) is 75.6. The summed E-state index contributed by atoms with van der Waals surface area (Å²) in [6.07, 6.45) is 0. The van der Waals surface area contributed by atoms with Gasteiger partial charge in [0.15, 0.2) is 0 Å². The van der Waals surface area contributed by atoms with E-state index in [0.29, 0.717) is 0 Å². The van der Waals surface area contributed by atoms with E-state index in [4.69, 9.17) is 4.42 Å². The maximum atomic E-state index is 6.50. The van der Waals surface area contributed by atoms with Crippen LogP contribution in [0.3, 0.4) is 0 Å². The molecule has 0 bridgehead atoms. The number of hydrogen-bond acceptors (Lipinski definition) is 2. The lowest BCUT2D eigenvalue weighted by molar-refractivity contribution is 0.669. The summed E-state index contributed by atoms with van der Waals surface area (Å²) in [6.45, 7) is 0. The van der Waals surface area contributed by atoms with Crippen LogP contribution in [0.2, 0.25) is 0 Å². The van der Waals surface area contributed by atoms with E-state index in [1.54, 1.807) is 0 Å². The molecular weight excluding hydrogens is 705 g/mol. The van der Waals surface area contributed by atoms with Crippen molar-refractivity contribution < 1.29 is 4.42 Å². The molecule has 0 amide bonds. The summed E-state index contributed by atoms with van der Waals surface area (Å²) in [5.74, 6) is 0. The minimum Gasteiger partial charge on any atom is -0.456 e. The monoisotopic (exact) mass is 738 g/mol. The van der Waals surface area contributed by atoms with E-state index in [2.05, 4.69) is 204 Å². The molecule has 0 atom stereocenters. The molecule has 0 unspecified atom stereocenters. The Balaban J connectivity index is 1.11. The van der Waals surface area contributed by atoms with Crippen LogP contribution in [0.15, 0.2) is 211 Å². The molecule has 1 aliphatic heterocycles. The van der Waals surface area contributed by atoms with E-state index in [1.165, 1.54) is 72.0 Å². The zero-order valence-electron chi connectivity index (χ0n) is 31.4. The largest absolute Gasteiger partial charge is 0.456 e. The average Bonchev–Trinajstić information content (AvgIpc) is 3.93. The van der Waals surface area contributed by atoms with Crippen LogP contribution in [0.5, 0.6) is 0 Å². The van der Waals surface area contributed by atoms with Crippen molar-refractivity contribution in [1.29, 1.82) is 0 Å². The summed E-state index contributed by atoms with van der Waals surface area (Å²) in [5, 5.41) is 4.77. The van der Waals surface area contributed by atoms with Gasteiger partial charge in [0.2, 0.25) is 0 Å². The molecule has 0 radical (unpaired) electrons. The average molecular weight is 739 g/mol. The van der Waals surface area contributed by atoms with Crippen molar-refractivity contribution in [2.24, 2.45) is 0 Å². The van der Waals surface area contributed by atoms with E-state index < -0.39 is 5.41 Å². The van der Waals surface area contributed by atoms with Gasteiger partial charge in [-0.1, -0.05) is 152 Å². The van der Waals surface area contributed by atoms with Crippen molar-refractivity contribution in [3.63, 3.8) is 0 Å². The lowest BCUT2D eigenvalue weighted by Crippen LogP contribution is -2.33. The lowest BCUT2D eigenvalue weighted by Gasteiger charge is -2.40. The number of hydrogen-bond donors (Lipinski definition) is 0. The molecule has 3 nitrogen and oxygen atoms in total. The maximum absolute atomic E-state index is 6.50. The van der Waals surface area contributed by atoms with Crippen molar-refractivity contribution >= 4 is 60.8 Å². The number of furan rings is 1. The first-order valence-corrected chi connectivity index (χ1v) is 20.0. The Morgan fingerprint density at radius 3 is 1.78 bits per heavy atom. The van der Waals surface area contributed by atoms with Gasteiger partial charge in [0.25, 0.3) is 0 Å². The van der Waals surface area contributed by atoms with Gasteiger partial charge in [0.1, 0.15) is 11.2 Å². The van der Waals surface area contributed by atoms with Crippen LogP contribution in [-0.2, 0) is 5.41 Å². The second-order valence-corrected chi connectivity index (χ2v) is 15.6. The van der Waals surface area contributed by atoms with Crippen molar-refractivity contribution in [2.75, 3.05) is 4.90 Å². The summed E-state index contributed by atoms with van der Waals surface area (Å²) >= 11 is 0. The van der Waals surface area contributed by atoms with Crippen molar-refractivity contribution in [1.82, 2.24) is 4.57 Å². The number of nitrogens with zero attached hydrogens (tertiary/aromatic N) is 2. The molecule has 1 aliphatic carbocycles. The summed E-state index contributed by atoms with van der Waals surface area (Å²) < 4.78 is 9.03. The third kappa shape index (κ3) is 4.12. The Bertz CT molecular complexity index is 3420. The second kappa shape index (κ2) is 11.7. The number of rotatable bonds is 4. The lowest BCUT2D eigenvalue weighted by atomic mass is 9.65. The SMILES string of the molecule is c1ccc(-c2ccc(N(c3ccc4c(c3)-n3c5ccccc5c5cccc(c53)C43c4ccccc4-c4ccccc43)c3ccc4c(c3)oc3ccccc34)cc2)cc1. The predicted molar refractivity (Wildman–Crippen MR) is 239 cm³/mol. The topological polar surface area (TPSA) is 21.3 Å². The van der Waals surface area contributed by atoms with Gasteiger partial charge in [-0.3, -0.25) is 0 Å². The van der Waals surface area contributed by atoms with Crippen LogP contribution >= 0.6 is 0 Å². The van der Waals surface area contributed by atoms with Gasteiger partial charge in [0, 0.05) is 44.7 Å². The maximum Gasteiger partial charge on any atom is 0.137 e. The van der Waals surface area contributed by atoms with E-state index in [0.717, 1.165) is 39.0 Å². The molecule has 11 aromatic rings. The molecule has 2 aliphatic rings. The molecule has 0 saturated carbocycles. The Morgan fingerprint density at radius 2 is 0.966 bits per heavy atom. The molecular formula is C55H34N2O. The molecule has 3 heterocycles. The molecule has 13 rings (SSSR count). The van der Waals surface area contributed by atoms with Crippen LogP contribution in [0.1, 0.15) is 22.3 Å². The van der Waals surface area contributed by atoms with E-state index in [-0.39, 0.29) is 0 Å². The first-order chi connectivity index (χ1) is 28.8. The molecule has 1 spiro atoms. The third-order valence-electron chi connectivity index (χ3n) is 12.8. The molecule has 270 valence electrons. The Labute approximate surface area is 335 Å². The third-order valence-corrected chi connectivity index (χ3v) is 12.8. The number of fused-ring (bicyclic) bond motifs is 15. The van der Waals surface area contributed by atoms with Gasteiger partial charge in [-0.2, -0.15) is 0 Å². The molecule has 0 fully saturated rings. The first-order valence-electron chi connectivity index (χ1n) is 20.0. The first kappa shape index (κ1) is 31.6. The standard InChI is InChI=1S/C55H34N2O/c1-2-13-35(14-3-1)36-25-27-37(28-26-36)56(39-29-31-44-43-18-7-11-24-52(43)58-53(44)34-39)38-30-32-48-51(33-38)57-50-23-10-6-17-42(50)45-19-12-22-49(54(45)57)55(48)46-20-8-4-15-40(46)41-16-5-9-21-47(41)55/h1-34H. The minimum absolute atomic E-state index is 0.500. The van der Waals surface area contributed by atoms with Crippen LogP contribution < -0.4 is 4.90 Å². The fraction of sp³-hybridized carbons (Fsp3) is 0.0182. The summed E-state index contributed by atoms with van der Waals surface area (Å²) in [4.78, 5) is 2.38. The highest BCUT2D eigenvalue weighted by Crippen LogP contribution is 2.61. The van der Waals surface area contributed by atoms with E-state index in [9.17, 15) is 0 Å². The van der Waals surface area contributed by atoms with Crippen LogP contribution in [-0.4, -0.2) is 4.57 Å². The molecule has 2 aromatic heterocycles. The van der Waals surface area contributed by atoms with Crippen LogP contribution in [0.4, 0.5) is 17.1 Å². The molecule has 0 saturated heterocycles. The fourth-order valence-electron chi connectivity index (χ4n) is 10.4. The number of aromatic nitrogens is 1. The minimum atomic E-state index is -0.500. The van der Waals surface area contributed by atoms with Crippen molar-refractivity contribution in [3.05, 3.63) is 229 Å². The van der Waals surface area contributed by atoms with Gasteiger partial charge in [-0.25, -0.2) is 0 Å². The molecule has 9 aromatic carbocycles. The van der Waals surface area contributed by atoms with E-state index >= 15 is 0 Å². The van der Waals surface area contributed by atoms with E-state index in [1.807, 2.05) is 12.1 Å². The number of benzene rings is 9. The summed E-state index contributed by atoms with van der Waals surface area (Å²) in [7, 11) is 0. The predicted octanol–water partition coefficient (Wildman–Crippen LogP) is 14.5. The molecule has 3 heteroatoms. The summed E-state index contributed by atoms with van der Waals surface area (Å²) in [5.41, 5.74) is 18.3. The van der Waals surface area contributed by atoms with Gasteiger partial charge >= 0.3 is 0 Å². The number of para-hydroxylation sites is 3. The van der Waals surface area contributed by atoms with Crippen LogP contribution in [0, 0.1) is 0 Å². The van der Waals surface area contributed by atoms with Crippen molar-refractivity contribution in [3.8, 4) is 27.9 Å². The van der Waals surface area contributed by atoms with Crippen LogP contribution in [0.25, 0.3) is 71.7 Å². The zero-order chi connectivity index (χ0) is 38.0. The highest BCUT2D eigenvalue weighted by atomic mass is 16.3. The zero-order valence-corrected chi connectivity index (χ0v) is 31.4. The smallest absolute Gasteiger partial charge is 0.137 e. The quantitative estimate of drug-likeness (QED) is 0.179. The van der Waals surface area contributed by atoms with Crippen molar-refractivity contribution in [2.45, 2.75) is 5.41 Å². The highest BCUT2D eigenvalue weighted by molar-refractivity contribution is 6.13. The fourth-order valence-corrected chi connectivity index (χ4v) is 10.4. The van der Waals surface area contributed by atoms with Gasteiger partial charge in [0.05, 0.1) is 22.1 Å².